The third kappa shape index (κ3) is 4.48. The number of rotatable bonds is 6. The average molecular weight is 384 g/mol. The maximum atomic E-state index is 12.4. The summed E-state index contributed by atoms with van der Waals surface area (Å²) in [4.78, 5) is 37.8. The third-order valence-electron chi connectivity index (χ3n) is 3.61. The molecular weight excluding hydrogens is 368 g/mol. The van der Waals surface area contributed by atoms with Crippen molar-refractivity contribution in [3.05, 3.63) is 65.5 Å². The first-order valence-corrected chi connectivity index (χ1v) is 8.78. The van der Waals surface area contributed by atoms with Gasteiger partial charge in [-0.25, -0.2) is 0 Å². The van der Waals surface area contributed by atoms with Gasteiger partial charge in [0.2, 0.25) is 5.91 Å². The van der Waals surface area contributed by atoms with E-state index in [0.717, 1.165) is 16.7 Å². The fourth-order valence-corrected chi connectivity index (χ4v) is 3.14. The van der Waals surface area contributed by atoms with Gasteiger partial charge in [0, 0.05) is 0 Å². The van der Waals surface area contributed by atoms with E-state index in [-0.39, 0.29) is 11.4 Å². The van der Waals surface area contributed by atoms with Crippen molar-refractivity contribution in [1.82, 2.24) is 4.90 Å². The van der Waals surface area contributed by atoms with Crippen LogP contribution in [0.5, 0.6) is 5.75 Å². The molecule has 0 saturated carbocycles. The van der Waals surface area contributed by atoms with Gasteiger partial charge in [0.25, 0.3) is 11.1 Å². The number of carbonyl (C=O) groups is 3. The lowest BCUT2D eigenvalue weighted by Crippen LogP contribution is -2.36. The van der Waals surface area contributed by atoms with Crippen molar-refractivity contribution in [2.75, 3.05) is 19.0 Å². The van der Waals surface area contributed by atoms with Gasteiger partial charge in [-0.15, -0.1) is 0 Å². The Labute approximate surface area is 159 Å². The van der Waals surface area contributed by atoms with Crippen molar-refractivity contribution >= 4 is 40.6 Å². The van der Waals surface area contributed by atoms with Crippen LogP contribution in [0.3, 0.4) is 0 Å². The van der Waals surface area contributed by atoms with Crippen molar-refractivity contribution in [1.29, 1.82) is 0 Å². The highest BCUT2D eigenvalue weighted by molar-refractivity contribution is 8.18. The summed E-state index contributed by atoms with van der Waals surface area (Å²) in [5.41, 5.74) is 0.467. The molecular formula is C19H16N2O5S. The minimum Gasteiger partial charge on any atom is -0.495 e. The SMILES string of the molecule is COc1ccccc1NC(=O)CN1C(=O)S/C(=C\C=C\c2ccco2)C1=O. The second-order valence-corrected chi connectivity index (χ2v) is 6.41. The summed E-state index contributed by atoms with van der Waals surface area (Å²) in [5, 5.41) is 2.15. The first-order chi connectivity index (χ1) is 13.1. The quantitative estimate of drug-likeness (QED) is 0.767. The Morgan fingerprint density at radius 3 is 2.81 bits per heavy atom. The number of nitrogens with one attached hydrogen (secondary N) is 1. The number of anilines is 1. The molecule has 1 aromatic heterocycles. The first-order valence-electron chi connectivity index (χ1n) is 7.97. The van der Waals surface area contributed by atoms with Crippen LogP contribution in [-0.2, 0) is 9.59 Å². The molecule has 1 aliphatic rings. The molecule has 3 amide bonds. The molecule has 1 fully saturated rings. The number of nitrogens with zero attached hydrogens (tertiary/aromatic N) is 1. The molecule has 1 N–H and O–H groups in total. The van der Waals surface area contributed by atoms with E-state index in [0.29, 0.717) is 17.2 Å². The number of hydrogen-bond donors (Lipinski definition) is 1. The van der Waals surface area contributed by atoms with Crippen LogP contribution < -0.4 is 10.1 Å². The van der Waals surface area contributed by atoms with Crippen molar-refractivity contribution < 1.29 is 23.5 Å². The molecule has 0 aliphatic carbocycles. The number of thioether (sulfide) groups is 1. The summed E-state index contributed by atoms with van der Waals surface area (Å²) < 4.78 is 10.3. The normalized spacial score (nSPS) is 15.7. The molecule has 0 spiro atoms. The Bertz CT molecular complexity index is 918. The number of hydrogen-bond acceptors (Lipinski definition) is 6. The highest BCUT2D eigenvalue weighted by Gasteiger charge is 2.36. The number of imide groups is 1. The lowest BCUT2D eigenvalue weighted by molar-refractivity contribution is -0.127. The van der Waals surface area contributed by atoms with Crippen LogP contribution in [0.1, 0.15) is 5.76 Å². The number of ether oxygens (including phenoxy) is 1. The zero-order valence-corrected chi connectivity index (χ0v) is 15.2. The number of para-hydroxylation sites is 2. The fraction of sp³-hybridized carbons (Fsp3) is 0.105. The van der Waals surface area contributed by atoms with Gasteiger partial charge in [-0.1, -0.05) is 18.2 Å². The van der Waals surface area contributed by atoms with Gasteiger partial charge in [0.05, 0.1) is 24.0 Å². The van der Waals surface area contributed by atoms with E-state index < -0.39 is 17.1 Å². The topological polar surface area (TPSA) is 88.8 Å². The number of allylic oxidation sites excluding steroid dienone is 2. The minimum atomic E-state index is -0.510. The van der Waals surface area contributed by atoms with Crippen molar-refractivity contribution in [2.45, 2.75) is 0 Å². The van der Waals surface area contributed by atoms with Gasteiger partial charge in [-0.3, -0.25) is 19.3 Å². The number of carbonyl (C=O) groups excluding carboxylic acids is 3. The summed E-state index contributed by atoms with van der Waals surface area (Å²) in [5.74, 6) is 0.114. The summed E-state index contributed by atoms with van der Waals surface area (Å²) in [6.45, 7) is -0.373. The summed E-state index contributed by atoms with van der Waals surface area (Å²) in [6, 6.07) is 10.4. The fourth-order valence-electron chi connectivity index (χ4n) is 2.35. The van der Waals surface area contributed by atoms with Crippen LogP contribution in [0.25, 0.3) is 6.08 Å². The van der Waals surface area contributed by atoms with E-state index in [9.17, 15) is 14.4 Å². The predicted octanol–water partition coefficient (Wildman–Crippen LogP) is 3.52. The number of benzene rings is 1. The van der Waals surface area contributed by atoms with Crippen molar-refractivity contribution in [3.63, 3.8) is 0 Å². The van der Waals surface area contributed by atoms with Crippen LogP contribution in [0, 0.1) is 0 Å². The van der Waals surface area contributed by atoms with Gasteiger partial charge in [0.15, 0.2) is 0 Å². The molecule has 3 rings (SSSR count). The second-order valence-electron chi connectivity index (χ2n) is 5.41. The number of methoxy groups -OCH3 is 1. The Hall–Kier alpha value is -3.26. The molecule has 0 atom stereocenters. The molecule has 2 heterocycles. The number of amides is 3. The van der Waals surface area contributed by atoms with E-state index in [1.807, 2.05) is 0 Å². The maximum absolute atomic E-state index is 12.4. The standard InChI is InChI=1S/C19H16N2O5S/c1-25-15-9-3-2-8-14(15)20-17(22)12-21-18(23)16(27-19(21)24)10-4-6-13-7-5-11-26-13/h2-11H,12H2,1H3,(H,20,22)/b6-4+,16-10-. The molecule has 1 aliphatic heterocycles. The summed E-state index contributed by atoms with van der Waals surface area (Å²) >= 11 is 0.787. The minimum absolute atomic E-state index is 0.243. The molecule has 138 valence electrons. The lowest BCUT2D eigenvalue weighted by atomic mass is 10.3. The van der Waals surface area contributed by atoms with E-state index in [1.165, 1.54) is 19.4 Å². The van der Waals surface area contributed by atoms with Gasteiger partial charge in [0.1, 0.15) is 18.1 Å². The van der Waals surface area contributed by atoms with Gasteiger partial charge < -0.3 is 14.5 Å². The molecule has 27 heavy (non-hydrogen) atoms. The highest BCUT2D eigenvalue weighted by atomic mass is 32.2. The smallest absolute Gasteiger partial charge is 0.294 e. The lowest BCUT2D eigenvalue weighted by Gasteiger charge is -2.14. The van der Waals surface area contributed by atoms with Crippen LogP contribution in [-0.4, -0.2) is 35.6 Å². The van der Waals surface area contributed by atoms with E-state index in [1.54, 1.807) is 48.6 Å². The van der Waals surface area contributed by atoms with Crippen molar-refractivity contribution in [2.24, 2.45) is 0 Å². The highest BCUT2D eigenvalue weighted by Crippen LogP contribution is 2.30. The first kappa shape index (κ1) is 18.5. The Kier molecular flexibility index (Phi) is 5.77. The maximum Gasteiger partial charge on any atom is 0.294 e. The average Bonchev–Trinajstić information content (AvgIpc) is 3.26. The molecule has 1 aromatic carbocycles. The summed E-state index contributed by atoms with van der Waals surface area (Å²) in [7, 11) is 1.49. The number of furan rings is 1. The summed E-state index contributed by atoms with van der Waals surface area (Å²) in [6.07, 6.45) is 6.34. The van der Waals surface area contributed by atoms with Crippen LogP contribution >= 0.6 is 11.8 Å². The zero-order valence-electron chi connectivity index (χ0n) is 14.4. The van der Waals surface area contributed by atoms with Crippen LogP contribution in [0.4, 0.5) is 10.5 Å². The Morgan fingerprint density at radius 2 is 2.07 bits per heavy atom. The largest absolute Gasteiger partial charge is 0.495 e. The zero-order chi connectivity index (χ0) is 19.2. The molecule has 0 radical (unpaired) electrons. The monoisotopic (exact) mass is 384 g/mol. The Morgan fingerprint density at radius 1 is 1.26 bits per heavy atom. The third-order valence-corrected chi connectivity index (χ3v) is 4.53. The van der Waals surface area contributed by atoms with Gasteiger partial charge >= 0.3 is 0 Å². The molecule has 8 heteroatoms. The van der Waals surface area contributed by atoms with E-state index in [4.69, 9.17) is 9.15 Å². The van der Waals surface area contributed by atoms with Crippen molar-refractivity contribution in [3.8, 4) is 5.75 Å². The van der Waals surface area contributed by atoms with Crippen LogP contribution in [0.15, 0.2) is 64.1 Å². The molecule has 2 aromatic rings. The molecule has 0 unspecified atom stereocenters. The molecule has 7 nitrogen and oxygen atoms in total. The Balaban J connectivity index is 1.64. The molecule has 1 saturated heterocycles. The van der Waals surface area contributed by atoms with Gasteiger partial charge in [-0.2, -0.15) is 0 Å². The second kappa shape index (κ2) is 8.41. The van der Waals surface area contributed by atoms with Gasteiger partial charge in [-0.05, 0) is 48.2 Å². The van der Waals surface area contributed by atoms with E-state index in [2.05, 4.69) is 5.32 Å². The van der Waals surface area contributed by atoms with E-state index >= 15 is 0 Å². The van der Waals surface area contributed by atoms with Crippen LogP contribution in [0.2, 0.25) is 0 Å². The molecule has 0 bridgehead atoms. The predicted molar refractivity (Wildman–Crippen MR) is 102 cm³/mol.